The lowest BCUT2D eigenvalue weighted by Gasteiger charge is -2.16. The second kappa shape index (κ2) is 20.2. The van der Waals surface area contributed by atoms with Crippen LogP contribution in [-0.4, -0.2) is 42.7 Å². The molecular weight excluding hydrogens is 615 g/mol. The number of fused-ring (bicyclic) bond motifs is 1. The van der Waals surface area contributed by atoms with Gasteiger partial charge in [0.05, 0.1) is 5.41 Å². The van der Waals surface area contributed by atoms with Crippen LogP contribution in [0.4, 0.5) is 8.78 Å². The summed E-state index contributed by atoms with van der Waals surface area (Å²) in [5.41, 5.74) is -0.0257. The van der Waals surface area contributed by atoms with E-state index in [4.69, 9.17) is 0 Å². The number of nitrogens with one attached hydrogen (secondary N) is 2. The molecule has 0 atom stereocenters. The number of unbranched alkanes of at least 4 members (excludes halogenated alkanes) is 1. The van der Waals surface area contributed by atoms with E-state index < -0.39 is 11.7 Å². The van der Waals surface area contributed by atoms with Gasteiger partial charge in [-0.05, 0) is 75.5 Å². The SMILES string of the molecule is CC/C=C\C/C=C\C/C=C\C/C=C\C/C=C\CCCC(=O)NCCSSCCNC(=O)C1(c2ccc3c(c2)OC(F)(F)O3)CC1. The van der Waals surface area contributed by atoms with Gasteiger partial charge in [-0.15, -0.1) is 8.78 Å². The van der Waals surface area contributed by atoms with E-state index in [0.29, 0.717) is 37.9 Å². The fourth-order valence-corrected chi connectivity index (χ4v) is 6.39. The van der Waals surface area contributed by atoms with Gasteiger partial charge < -0.3 is 20.1 Å². The number of hydrogen-bond donors (Lipinski definition) is 2. The largest absolute Gasteiger partial charge is 0.586 e. The number of amides is 2. The fraction of sp³-hybridized carbons (Fsp3) is 0.486. The predicted octanol–water partition coefficient (Wildman–Crippen LogP) is 8.58. The highest BCUT2D eigenvalue weighted by Gasteiger charge is 2.52. The average Bonchev–Trinajstić information content (AvgIpc) is 3.76. The van der Waals surface area contributed by atoms with Crippen molar-refractivity contribution in [1.82, 2.24) is 10.6 Å². The van der Waals surface area contributed by atoms with Gasteiger partial charge in [0.15, 0.2) is 11.5 Å². The minimum atomic E-state index is -3.67. The number of rotatable bonds is 22. The van der Waals surface area contributed by atoms with E-state index in [1.807, 2.05) is 0 Å². The average molecular weight is 661 g/mol. The third kappa shape index (κ3) is 13.9. The van der Waals surface area contributed by atoms with Crippen LogP contribution in [0.25, 0.3) is 0 Å². The molecule has 1 heterocycles. The quantitative estimate of drug-likeness (QED) is 0.0737. The van der Waals surface area contributed by atoms with Crippen LogP contribution in [0.2, 0.25) is 0 Å². The number of carbonyl (C=O) groups is 2. The maximum absolute atomic E-state index is 13.3. The van der Waals surface area contributed by atoms with E-state index in [-0.39, 0.29) is 23.3 Å². The van der Waals surface area contributed by atoms with Crippen molar-refractivity contribution in [2.75, 3.05) is 24.6 Å². The monoisotopic (exact) mass is 660 g/mol. The van der Waals surface area contributed by atoms with Gasteiger partial charge in [-0.2, -0.15) is 0 Å². The predicted molar refractivity (Wildman–Crippen MR) is 183 cm³/mol. The second-order valence-corrected chi connectivity index (χ2v) is 13.5. The molecule has 0 aromatic heterocycles. The minimum absolute atomic E-state index is 0.0223. The van der Waals surface area contributed by atoms with Gasteiger partial charge in [0, 0.05) is 31.0 Å². The molecule has 1 aliphatic carbocycles. The minimum Gasteiger partial charge on any atom is -0.395 e. The molecule has 2 N–H and O–H groups in total. The number of allylic oxidation sites excluding steroid dienone is 10. The standard InChI is InChI=1S/C35H46F2N2O4S2/c1-2-3-4-5-6-7-8-9-10-11-12-13-14-15-16-17-18-19-32(40)38-24-26-44-45-27-25-39-33(41)34(22-23-34)29-20-21-30-31(28-29)43-35(36,37)42-30/h3-4,6-7,9-10,12-13,15-16,20-21,28H,2,5,8,11,14,17-19,22-27H2,1H3,(H,38,40)(H,39,41)/b4-3-,7-6-,10-9-,13-12-,16-15-. The summed E-state index contributed by atoms with van der Waals surface area (Å²) in [6.07, 6.45) is 26.6. The Bertz CT molecular complexity index is 1230. The van der Waals surface area contributed by atoms with E-state index in [2.05, 4.69) is 87.8 Å². The Morgan fingerprint density at radius 2 is 1.36 bits per heavy atom. The van der Waals surface area contributed by atoms with E-state index in [0.717, 1.165) is 56.5 Å². The van der Waals surface area contributed by atoms with Crippen molar-refractivity contribution >= 4 is 33.4 Å². The van der Waals surface area contributed by atoms with Gasteiger partial charge in [0.1, 0.15) is 0 Å². The molecule has 1 aliphatic heterocycles. The molecule has 0 spiro atoms. The summed E-state index contributed by atoms with van der Waals surface area (Å²) in [4.78, 5) is 24.9. The molecule has 2 aliphatic rings. The van der Waals surface area contributed by atoms with Crippen molar-refractivity contribution in [3.63, 3.8) is 0 Å². The lowest BCUT2D eigenvalue weighted by atomic mass is 9.94. The summed E-state index contributed by atoms with van der Waals surface area (Å²) in [6.45, 7) is 3.25. The summed E-state index contributed by atoms with van der Waals surface area (Å²) in [5.74, 6) is 1.41. The van der Waals surface area contributed by atoms with Crippen LogP contribution in [0.1, 0.15) is 76.7 Å². The summed E-state index contributed by atoms with van der Waals surface area (Å²) < 4.78 is 35.6. The molecule has 0 saturated heterocycles. The Kier molecular flexibility index (Phi) is 16.4. The lowest BCUT2D eigenvalue weighted by molar-refractivity contribution is -0.286. The Balaban J connectivity index is 1.12. The Labute approximate surface area is 274 Å². The van der Waals surface area contributed by atoms with E-state index in [1.54, 1.807) is 27.7 Å². The molecule has 0 unspecified atom stereocenters. The zero-order valence-corrected chi connectivity index (χ0v) is 27.7. The van der Waals surface area contributed by atoms with Gasteiger partial charge in [0.25, 0.3) is 0 Å². The molecule has 2 amide bonds. The summed E-state index contributed by atoms with van der Waals surface area (Å²) in [5, 5.41) is 5.92. The first kappa shape index (κ1) is 36.5. The smallest absolute Gasteiger partial charge is 0.395 e. The van der Waals surface area contributed by atoms with Crippen molar-refractivity contribution in [3.05, 3.63) is 84.5 Å². The van der Waals surface area contributed by atoms with Crippen LogP contribution >= 0.6 is 21.6 Å². The Hall–Kier alpha value is -2.98. The highest BCUT2D eigenvalue weighted by Crippen LogP contribution is 2.51. The number of carbonyl (C=O) groups excluding carboxylic acids is 2. The van der Waals surface area contributed by atoms with E-state index in [9.17, 15) is 18.4 Å². The van der Waals surface area contributed by atoms with Crippen LogP contribution < -0.4 is 20.1 Å². The topological polar surface area (TPSA) is 76.7 Å². The maximum atomic E-state index is 13.3. The van der Waals surface area contributed by atoms with Crippen molar-refractivity contribution in [1.29, 1.82) is 0 Å². The number of halogens is 2. The molecule has 6 nitrogen and oxygen atoms in total. The maximum Gasteiger partial charge on any atom is 0.586 e. The molecule has 10 heteroatoms. The molecule has 1 aromatic rings. The normalized spacial score (nSPS) is 16.5. The molecule has 1 aromatic carbocycles. The highest BCUT2D eigenvalue weighted by atomic mass is 33.1. The second-order valence-electron chi connectivity index (χ2n) is 10.8. The van der Waals surface area contributed by atoms with Gasteiger partial charge in [-0.1, -0.05) is 95.3 Å². The van der Waals surface area contributed by atoms with Crippen molar-refractivity contribution < 1.29 is 27.8 Å². The highest BCUT2D eigenvalue weighted by molar-refractivity contribution is 8.76. The van der Waals surface area contributed by atoms with Crippen molar-refractivity contribution in [2.24, 2.45) is 0 Å². The van der Waals surface area contributed by atoms with Crippen molar-refractivity contribution in [2.45, 2.75) is 82.8 Å². The molecule has 246 valence electrons. The molecule has 3 rings (SSSR count). The molecule has 0 bridgehead atoms. The number of alkyl halides is 2. The van der Waals surface area contributed by atoms with Gasteiger partial charge in [-0.25, -0.2) is 0 Å². The van der Waals surface area contributed by atoms with Gasteiger partial charge in [-0.3, -0.25) is 9.59 Å². The molecule has 0 radical (unpaired) electrons. The van der Waals surface area contributed by atoms with Crippen LogP contribution in [-0.2, 0) is 15.0 Å². The third-order valence-corrected chi connectivity index (χ3v) is 9.54. The first-order chi connectivity index (χ1) is 21.9. The van der Waals surface area contributed by atoms with E-state index in [1.165, 1.54) is 12.1 Å². The molecule has 45 heavy (non-hydrogen) atoms. The van der Waals surface area contributed by atoms with Gasteiger partial charge in [0.2, 0.25) is 11.8 Å². The third-order valence-electron chi connectivity index (χ3n) is 7.13. The summed E-state index contributed by atoms with van der Waals surface area (Å²) >= 11 is 0. The molecule has 1 saturated carbocycles. The fourth-order valence-electron chi connectivity index (χ4n) is 4.58. The first-order valence-electron chi connectivity index (χ1n) is 15.8. The first-order valence-corrected chi connectivity index (χ1v) is 18.3. The molecular formula is C35H46F2N2O4S2. The summed E-state index contributed by atoms with van der Waals surface area (Å²) in [6, 6.07) is 4.56. The molecule has 1 fully saturated rings. The van der Waals surface area contributed by atoms with Crippen LogP contribution in [0.5, 0.6) is 11.5 Å². The summed E-state index contributed by atoms with van der Waals surface area (Å²) in [7, 11) is 3.29. The van der Waals surface area contributed by atoms with E-state index >= 15 is 0 Å². The lowest BCUT2D eigenvalue weighted by Crippen LogP contribution is -2.36. The number of benzene rings is 1. The van der Waals surface area contributed by atoms with Crippen LogP contribution in [0.15, 0.2) is 79.0 Å². The zero-order valence-electron chi connectivity index (χ0n) is 26.1. The van der Waals surface area contributed by atoms with Crippen LogP contribution in [0, 0.1) is 0 Å². The Morgan fingerprint density at radius 1 is 0.800 bits per heavy atom. The number of ether oxygens (including phenoxy) is 2. The Morgan fingerprint density at radius 3 is 1.96 bits per heavy atom. The number of hydrogen-bond acceptors (Lipinski definition) is 6. The van der Waals surface area contributed by atoms with Crippen LogP contribution in [0.3, 0.4) is 0 Å². The zero-order chi connectivity index (χ0) is 32.2. The van der Waals surface area contributed by atoms with Gasteiger partial charge >= 0.3 is 6.29 Å². The van der Waals surface area contributed by atoms with Crippen molar-refractivity contribution in [3.8, 4) is 11.5 Å².